The van der Waals surface area contributed by atoms with E-state index in [2.05, 4.69) is 58.2 Å². The van der Waals surface area contributed by atoms with Crippen molar-refractivity contribution in [3.63, 3.8) is 0 Å². The molecule has 12 nitrogen and oxygen atoms in total. The third-order valence-corrected chi connectivity index (χ3v) is 12.6. The molecule has 0 atom stereocenters. The van der Waals surface area contributed by atoms with E-state index in [1.807, 2.05) is 147 Å². The highest BCUT2D eigenvalue weighted by atomic mass is 16.6. The fraction of sp³-hybridized carbons (Fsp3) is 0.231. The van der Waals surface area contributed by atoms with Gasteiger partial charge in [0.2, 0.25) is 11.8 Å². The number of aryl methyl sites for hydroxylation is 2. The Morgan fingerprint density at radius 1 is 0.494 bits per heavy atom. The monoisotopic (exact) mass is 1030 g/mol. The maximum absolute atomic E-state index is 13.1. The van der Waals surface area contributed by atoms with Crippen LogP contribution < -0.4 is 35.3 Å². The number of carbonyl (C=O) groups excluding carboxylic acids is 2. The summed E-state index contributed by atoms with van der Waals surface area (Å²) in [6.07, 6.45) is 0.453. The predicted molar refractivity (Wildman–Crippen MR) is 312 cm³/mol. The second-order valence-electron chi connectivity index (χ2n) is 20.6. The number of nitrogens with two attached hydrogens (primary N) is 1. The molecule has 8 rings (SSSR count). The number of anilines is 3. The Morgan fingerprint density at radius 2 is 0.857 bits per heavy atom. The molecule has 398 valence electrons. The zero-order valence-corrected chi connectivity index (χ0v) is 44.9. The summed E-state index contributed by atoms with van der Waals surface area (Å²) in [6, 6.07) is 53.1. The van der Waals surface area contributed by atoms with Gasteiger partial charge in [-0.1, -0.05) is 169 Å². The number of nitrogens with one attached hydrogen (secondary N) is 2. The summed E-state index contributed by atoms with van der Waals surface area (Å²) in [5.74, 6) is 2.95. The van der Waals surface area contributed by atoms with E-state index in [9.17, 15) is 19.7 Å². The predicted octanol–water partition coefficient (Wildman–Crippen LogP) is 16.0. The Balaban J connectivity index is 0.000000247. The number of methoxy groups -OCH3 is 2. The van der Waals surface area contributed by atoms with E-state index in [0.29, 0.717) is 51.2 Å². The lowest BCUT2D eigenvalue weighted by molar-refractivity contribution is -0.385. The van der Waals surface area contributed by atoms with E-state index >= 15 is 0 Å². The molecule has 0 unspecified atom stereocenters. The number of hydrogen-bond donors (Lipinski definition) is 3. The first kappa shape index (κ1) is 57.4. The summed E-state index contributed by atoms with van der Waals surface area (Å²) in [4.78, 5) is 37.3. The number of para-hydroxylation sites is 2. The van der Waals surface area contributed by atoms with E-state index in [-0.39, 0.29) is 54.3 Å². The maximum Gasteiger partial charge on any atom is 0.311 e. The fourth-order valence-electron chi connectivity index (χ4n) is 8.48. The topological polar surface area (TPSA) is 164 Å². The largest absolute Gasteiger partial charge is 0.495 e. The lowest BCUT2D eigenvalue weighted by Gasteiger charge is -2.23. The molecule has 0 aliphatic carbocycles. The molecule has 12 heteroatoms. The van der Waals surface area contributed by atoms with Gasteiger partial charge >= 0.3 is 5.69 Å². The van der Waals surface area contributed by atoms with E-state index in [1.165, 1.54) is 13.2 Å². The first-order valence-electron chi connectivity index (χ1n) is 25.0. The summed E-state index contributed by atoms with van der Waals surface area (Å²) in [6.45, 7) is 16.8. The van der Waals surface area contributed by atoms with E-state index < -0.39 is 4.92 Å². The van der Waals surface area contributed by atoms with Gasteiger partial charge in [-0.3, -0.25) is 19.7 Å². The number of nitrogens with zero attached hydrogens (tertiary/aromatic N) is 1. The van der Waals surface area contributed by atoms with Gasteiger partial charge in [0, 0.05) is 17.2 Å². The van der Waals surface area contributed by atoms with Crippen LogP contribution >= 0.6 is 0 Å². The zero-order valence-electron chi connectivity index (χ0n) is 44.9. The van der Waals surface area contributed by atoms with Crippen molar-refractivity contribution in [3.8, 4) is 56.8 Å². The highest BCUT2D eigenvalue weighted by Gasteiger charge is 2.23. The van der Waals surface area contributed by atoms with Crippen molar-refractivity contribution >= 4 is 34.6 Å². The molecule has 0 aliphatic rings. The molecule has 4 N–H and O–H groups in total. The Hall–Kier alpha value is -8.90. The molecule has 8 aromatic carbocycles. The zero-order chi connectivity index (χ0) is 54.7. The highest BCUT2D eigenvalue weighted by Crippen LogP contribution is 2.42. The molecular weight excluding hydrogens is 965 g/mol. The molecule has 0 heterocycles. The summed E-state index contributed by atoms with van der Waals surface area (Å²) >= 11 is 0. The fourth-order valence-corrected chi connectivity index (χ4v) is 8.48. The Labute approximate surface area is 453 Å². The van der Waals surface area contributed by atoms with Crippen LogP contribution in [-0.4, -0.2) is 31.0 Å². The average molecular weight is 1040 g/mol. The van der Waals surface area contributed by atoms with Gasteiger partial charge in [0.05, 0.1) is 49.0 Å². The van der Waals surface area contributed by atoms with Crippen LogP contribution in [0, 0.1) is 24.0 Å². The van der Waals surface area contributed by atoms with Gasteiger partial charge in [0.25, 0.3) is 0 Å². The molecule has 0 radical (unpaired) electrons. The SMILES string of the molecule is C.COc1ccc(-c2ccc(Oc3ccccc3C(C)(C)C)c(NC(=O)Cc3ccc(C)cc3)c2)cc1N.COc1ccc(-c2ccc(Oc3ccccc3C(C)(C)C)c(NC(=O)Cc3ccc(C)cc3)c2)cc1[N+](=O)[O-]. The lowest BCUT2D eigenvalue weighted by atomic mass is 9.86. The third kappa shape index (κ3) is 15.1. The molecule has 0 saturated carbocycles. The van der Waals surface area contributed by atoms with Crippen LogP contribution in [-0.2, 0) is 33.3 Å². The van der Waals surface area contributed by atoms with Crippen molar-refractivity contribution in [3.05, 3.63) is 213 Å². The normalized spacial score (nSPS) is 11.0. The number of amides is 2. The van der Waals surface area contributed by atoms with Crippen molar-refractivity contribution in [1.29, 1.82) is 0 Å². The van der Waals surface area contributed by atoms with E-state index in [4.69, 9.17) is 24.7 Å². The quantitative estimate of drug-likeness (QED) is 0.0515. The summed E-state index contributed by atoms with van der Waals surface area (Å²) in [7, 11) is 2.99. The van der Waals surface area contributed by atoms with Gasteiger partial charge in [-0.2, -0.15) is 0 Å². The van der Waals surface area contributed by atoms with E-state index in [0.717, 1.165) is 50.3 Å². The van der Waals surface area contributed by atoms with Gasteiger partial charge in [-0.15, -0.1) is 0 Å². The molecule has 77 heavy (non-hydrogen) atoms. The van der Waals surface area contributed by atoms with Crippen LogP contribution in [0.5, 0.6) is 34.5 Å². The van der Waals surface area contributed by atoms with Crippen molar-refractivity contribution in [2.75, 3.05) is 30.6 Å². The molecule has 0 spiro atoms. The van der Waals surface area contributed by atoms with Crippen LogP contribution in [0.2, 0.25) is 0 Å². The molecule has 0 bridgehead atoms. The van der Waals surface area contributed by atoms with Crippen LogP contribution in [0.1, 0.15) is 82.3 Å². The minimum absolute atomic E-state index is 0. The van der Waals surface area contributed by atoms with Gasteiger partial charge in [-0.05, 0) is 113 Å². The number of nitrogen functional groups attached to an aromatic ring is 1. The van der Waals surface area contributed by atoms with Gasteiger partial charge in [0.15, 0.2) is 17.2 Å². The maximum atomic E-state index is 13.1. The summed E-state index contributed by atoms with van der Waals surface area (Å²) in [5, 5.41) is 17.7. The van der Waals surface area contributed by atoms with Crippen LogP contribution in [0.3, 0.4) is 0 Å². The highest BCUT2D eigenvalue weighted by molar-refractivity contribution is 5.96. The summed E-state index contributed by atoms with van der Waals surface area (Å²) in [5.41, 5.74) is 16.7. The van der Waals surface area contributed by atoms with Crippen molar-refractivity contribution < 1.29 is 33.5 Å². The van der Waals surface area contributed by atoms with Crippen LogP contribution in [0.25, 0.3) is 22.3 Å². The molecule has 2 amide bonds. The number of nitro benzene ring substituents is 1. The van der Waals surface area contributed by atoms with Gasteiger partial charge < -0.3 is 35.3 Å². The number of benzene rings is 8. The van der Waals surface area contributed by atoms with Crippen molar-refractivity contribution in [2.24, 2.45) is 0 Å². The Kier molecular flexibility index (Phi) is 18.7. The molecule has 0 fully saturated rings. The minimum Gasteiger partial charge on any atom is -0.495 e. The van der Waals surface area contributed by atoms with Gasteiger partial charge in [-0.25, -0.2) is 0 Å². The first-order valence-corrected chi connectivity index (χ1v) is 25.0. The lowest BCUT2D eigenvalue weighted by Crippen LogP contribution is -2.15. The van der Waals surface area contributed by atoms with Gasteiger partial charge in [0.1, 0.15) is 17.2 Å². The smallest absolute Gasteiger partial charge is 0.311 e. The molecular formula is C65H70N4O8. The second-order valence-corrected chi connectivity index (χ2v) is 20.6. The van der Waals surface area contributed by atoms with E-state index in [1.54, 1.807) is 31.4 Å². The summed E-state index contributed by atoms with van der Waals surface area (Å²) < 4.78 is 23.2. The van der Waals surface area contributed by atoms with Crippen LogP contribution in [0.4, 0.5) is 22.7 Å². The number of carbonyl (C=O) groups is 2. The van der Waals surface area contributed by atoms with Crippen molar-refractivity contribution in [2.45, 2.75) is 86.5 Å². The second kappa shape index (κ2) is 25.1. The number of nitro groups is 1. The molecule has 8 aromatic rings. The molecule has 0 aliphatic heterocycles. The standard InChI is InChI=1S/C32H32N2O5.C32H34N2O3.CH4/c1-21-10-12-22(13-11-21)18-31(35)33-26-19-23(24-15-17-30(38-5)27(20-24)34(36)37)14-16-29(26)39-28-9-7-6-8-25(28)32(2,3)4;1-21-10-12-22(13-11-21)18-31(35)34-27-20-24(23-14-16-29(36-5)26(33)19-23)15-17-30(27)37-28-9-7-6-8-25(28)32(2,3)4;/h6-17,19-20H,18H2,1-5H3,(H,33,35);6-17,19-20H,18,33H2,1-5H3,(H,34,35);1H4. The molecule has 0 saturated heterocycles. The van der Waals surface area contributed by atoms with Crippen LogP contribution in [0.15, 0.2) is 170 Å². The third-order valence-electron chi connectivity index (χ3n) is 12.6. The minimum atomic E-state index is -0.479. The molecule has 0 aromatic heterocycles. The average Bonchev–Trinajstić information content (AvgIpc) is 3.39. The Morgan fingerprint density at radius 3 is 1.23 bits per heavy atom. The first-order chi connectivity index (χ1) is 36.2. The number of ether oxygens (including phenoxy) is 4. The number of hydrogen-bond acceptors (Lipinski definition) is 9. The number of rotatable bonds is 15. The Bertz CT molecular complexity index is 3360. The van der Waals surface area contributed by atoms with Crippen molar-refractivity contribution in [1.82, 2.24) is 0 Å².